The molecule has 0 saturated heterocycles. The number of aliphatic hydroxyl groups is 1. The zero-order valence-corrected chi connectivity index (χ0v) is 7.93. The van der Waals surface area contributed by atoms with Crippen molar-refractivity contribution in [1.82, 2.24) is 4.98 Å². The van der Waals surface area contributed by atoms with Crippen molar-refractivity contribution in [3.8, 4) is 11.5 Å². The fraction of sp³-hybridized carbons (Fsp3) is 0.286. The summed E-state index contributed by atoms with van der Waals surface area (Å²) in [6, 6.07) is 0. The summed E-state index contributed by atoms with van der Waals surface area (Å²) in [6.07, 6.45) is -4.76. The summed E-state index contributed by atoms with van der Waals surface area (Å²) in [4.78, 5) is 12.4. The molecular weight excluding hydrogens is 249 g/mol. The van der Waals surface area contributed by atoms with Gasteiger partial charge in [-0.15, -0.1) is 13.2 Å². The maximum absolute atomic E-state index is 12.0. The number of hydrogen-bond acceptors (Lipinski definition) is 6. The number of nitrogens with zero attached hydrogens (tertiary/aromatic N) is 2. The van der Waals surface area contributed by atoms with E-state index in [4.69, 9.17) is 5.11 Å². The second kappa shape index (κ2) is 4.41. The Morgan fingerprint density at radius 1 is 1.53 bits per heavy atom. The average molecular weight is 254 g/mol. The first-order valence-electron chi connectivity index (χ1n) is 3.98. The molecule has 94 valence electrons. The lowest BCUT2D eigenvalue weighted by atomic mass is 10.3. The van der Waals surface area contributed by atoms with Crippen LogP contribution >= 0.6 is 0 Å². The molecule has 7 nitrogen and oxygen atoms in total. The molecule has 0 spiro atoms. The number of nitro groups is 1. The van der Waals surface area contributed by atoms with Crippen molar-refractivity contribution in [3.05, 3.63) is 22.0 Å². The number of ether oxygens (including phenoxy) is 1. The van der Waals surface area contributed by atoms with Gasteiger partial charge in [0.15, 0.2) is 5.75 Å². The number of pyridine rings is 1. The maximum atomic E-state index is 12.0. The van der Waals surface area contributed by atoms with Crippen molar-refractivity contribution in [3.63, 3.8) is 0 Å². The van der Waals surface area contributed by atoms with Crippen molar-refractivity contribution in [2.45, 2.75) is 13.0 Å². The summed E-state index contributed by atoms with van der Waals surface area (Å²) in [7, 11) is 0. The summed E-state index contributed by atoms with van der Waals surface area (Å²) in [5.74, 6) is -2.62. The van der Waals surface area contributed by atoms with E-state index < -0.39 is 40.8 Å². The first-order chi connectivity index (χ1) is 7.76. The highest BCUT2D eigenvalue weighted by molar-refractivity contribution is 5.55. The van der Waals surface area contributed by atoms with Crippen LogP contribution in [-0.2, 0) is 6.61 Å². The second-order valence-electron chi connectivity index (χ2n) is 2.73. The molecule has 0 aliphatic rings. The molecule has 0 unspecified atom stereocenters. The van der Waals surface area contributed by atoms with Gasteiger partial charge in [-0.25, -0.2) is 4.98 Å². The molecule has 1 rings (SSSR count). The number of halogens is 3. The highest BCUT2D eigenvalue weighted by atomic mass is 19.4. The van der Waals surface area contributed by atoms with Crippen LogP contribution in [0.1, 0.15) is 5.69 Å². The zero-order chi connectivity index (χ0) is 13.2. The summed E-state index contributed by atoms with van der Waals surface area (Å²) in [5.41, 5.74) is -1.72. The van der Waals surface area contributed by atoms with Gasteiger partial charge in [-0.1, -0.05) is 0 Å². The third-order valence-electron chi connectivity index (χ3n) is 1.63. The lowest BCUT2D eigenvalue weighted by molar-refractivity contribution is -0.389. The number of hydrogen-bond donors (Lipinski definition) is 2. The Bertz CT molecular complexity index is 448. The van der Waals surface area contributed by atoms with E-state index in [1.807, 2.05) is 0 Å². The van der Waals surface area contributed by atoms with Gasteiger partial charge in [0, 0.05) is 0 Å². The predicted molar refractivity (Wildman–Crippen MR) is 45.2 cm³/mol. The van der Waals surface area contributed by atoms with Crippen molar-refractivity contribution in [2.75, 3.05) is 0 Å². The first kappa shape index (κ1) is 13.0. The molecule has 0 atom stereocenters. The maximum Gasteiger partial charge on any atom is 0.573 e. The molecule has 1 aromatic heterocycles. The molecule has 0 aliphatic carbocycles. The third kappa shape index (κ3) is 2.93. The zero-order valence-electron chi connectivity index (χ0n) is 7.93. The molecule has 1 aromatic rings. The fourth-order valence-electron chi connectivity index (χ4n) is 0.973. The Morgan fingerprint density at radius 2 is 2.12 bits per heavy atom. The van der Waals surface area contributed by atoms with E-state index in [1.165, 1.54) is 0 Å². The van der Waals surface area contributed by atoms with Crippen LogP contribution in [-0.4, -0.2) is 26.5 Å². The molecule has 1 heterocycles. The first-order valence-corrected chi connectivity index (χ1v) is 3.98. The Kier molecular flexibility index (Phi) is 3.36. The summed E-state index contributed by atoms with van der Waals surface area (Å²) < 4.78 is 39.2. The lowest BCUT2D eigenvalue weighted by Crippen LogP contribution is -2.18. The smallest absolute Gasteiger partial charge is 0.503 e. The molecule has 2 N–H and O–H groups in total. The average Bonchev–Trinajstić information content (AvgIpc) is 2.18. The van der Waals surface area contributed by atoms with E-state index in [-0.39, 0.29) is 0 Å². The second-order valence-corrected chi connectivity index (χ2v) is 2.73. The van der Waals surface area contributed by atoms with Gasteiger partial charge in [0.05, 0.1) is 11.5 Å². The van der Waals surface area contributed by atoms with E-state index in [9.17, 15) is 28.4 Å². The van der Waals surface area contributed by atoms with Crippen molar-refractivity contribution in [1.29, 1.82) is 0 Å². The summed E-state index contributed by atoms with van der Waals surface area (Å²) >= 11 is 0. The Labute approximate surface area is 91.2 Å². The van der Waals surface area contributed by atoms with E-state index in [1.54, 1.807) is 0 Å². The Hall–Kier alpha value is -2.10. The molecular formula is C7H5F3N2O5. The monoisotopic (exact) mass is 254 g/mol. The Balaban J connectivity index is 3.35. The molecule has 0 amide bonds. The Morgan fingerprint density at radius 3 is 2.53 bits per heavy atom. The van der Waals surface area contributed by atoms with E-state index in [2.05, 4.69) is 9.72 Å². The van der Waals surface area contributed by atoms with Gasteiger partial charge in [0.1, 0.15) is 11.9 Å². The highest BCUT2D eigenvalue weighted by Gasteiger charge is 2.37. The van der Waals surface area contributed by atoms with Crippen LogP contribution in [0.15, 0.2) is 6.20 Å². The van der Waals surface area contributed by atoms with E-state index in [0.29, 0.717) is 6.20 Å². The third-order valence-corrected chi connectivity index (χ3v) is 1.63. The molecule has 0 bridgehead atoms. The minimum Gasteiger partial charge on any atom is -0.503 e. The largest absolute Gasteiger partial charge is 0.573 e. The molecule has 0 saturated carbocycles. The topological polar surface area (TPSA) is 106 Å². The SMILES string of the molecule is O=[N+]([O-])c1cnc(CO)c(O)c1OC(F)(F)F. The summed E-state index contributed by atoms with van der Waals surface area (Å²) in [5, 5.41) is 28.3. The predicted octanol–water partition coefficient (Wildman–Crippen LogP) is 1.09. The quantitative estimate of drug-likeness (QED) is 0.617. The normalized spacial score (nSPS) is 11.3. The minimum atomic E-state index is -5.21. The van der Waals surface area contributed by atoms with Crippen molar-refractivity contribution in [2.24, 2.45) is 0 Å². The van der Waals surface area contributed by atoms with Gasteiger partial charge < -0.3 is 14.9 Å². The molecule has 0 aliphatic heterocycles. The lowest BCUT2D eigenvalue weighted by Gasteiger charge is -2.11. The van der Waals surface area contributed by atoms with E-state index >= 15 is 0 Å². The molecule has 0 aromatic carbocycles. The van der Waals surface area contributed by atoms with Gasteiger partial charge in [-0.2, -0.15) is 0 Å². The summed E-state index contributed by atoms with van der Waals surface area (Å²) in [6.45, 7) is -0.891. The van der Waals surface area contributed by atoms with Crippen molar-refractivity contribution < 1.29 is 33.0 Å². The van der Waals surface area contributed by atoms with Crippen LogP contribution in [0.4, 0.5) is 18.9 Å². The van der Waals surface area contributed by atoms with Gasteiger partial charge in [0.2, 0.25) is 0 Å². The number of rotatable bonds is 3. The molecule has 0 radical (unpaired) electrons. The van der Waals surface area contributed by atoms with Crippen LogP contribution in [0.5, 0.6) is 11.5 Å². The highest BCUT2D eigenvalue weighted by Crippen LogP contribution is 2.40. The van der Waals surface area contributed by atoms with Gasteiger partial charge in [-0.05, 0) is 0 Å². The van der Waals surface area contributed by atoms with Gasteiger partial charge in [0.25, 0.3) is 5.75 Å². The number of alkyl halides is 3. The number of aromatic hydroxyl groups is 1. The van der Waals surface area contributed by atoms with Crippen LogP contribution in [0, 0.1) is 10.1 Å². The van der Waals surface area contributed by atoms with Crippen LogP contribution in [0.25, 0.3) is 0 Å². The van der Waals surface area contributed by atoms with Crippen LogP contribution in [0.3, 0.4) is 0 Å². The fourth-order valence-corrected chi connectivity index (χ4v) is 0.973. The number of aliphatic hydroxyl groups excluding tert-OH is 1. The van der Waals surface area contributed by atoms with Crippen LogP contribution in [0.2, 0.25) is 0 Å². The minimum absolute atomic E-state index is 0.451. The van der Waals surface area contributed by atoms with Crippen LogP contribution < -0.4 is 4.74 Å². The molecule has 17 heavy (non-hydrogen) atoms. The van der Waals surface area contributed by atoms with Gasteiger partial charge >= 0.3 is 12.0 Å². The van der Waals surface area contributed by atoms with Crippen molar-refractivity contribution >= 4 is 5.69 Å². The number of aromatic nitrogens is 1. The van der Waals surface area contributed by atoms with Gasteiger partial charge in [-0.3, -0.25) is 10.1 Å². The molecule has 0 fully saturated rings. The standard InChI is InChI=1S/C7H5F3N2O5/c8-7(9,10)17-6-4(12(15)16)1-11-3(2-13)5(6)14/h1,13-14H,2H2. The van der Waals surface area contributed by atoms with E-state index in [0.717, 1.165) is 0 Å². The molecule has 10 heteroatoms.